The van der Waals surface area contributed by atoms with Crippen molar-refractivity contribution in [2.45, 2.75) is 75.9 Å². The van der Waals surface area contributed by atoms with E-state index in [1.807, 2.05) is 104 Å². The second kappa shape index (κ2) is 12.0. The Hall–Kier alpha value is -3.75. The van der Waals surface area contributed by atoms with Crippen molar-refractivity contribution in [1.29, 1.82) is 0 Å². The summed E-state index contributed by atoms with van der Waals surface area (Å²) in [6.45, 7) is 6.87. The van der Waals surface area contributed by atoms with Crippen LogP contribution in [-0.2, 0) is 32.1 Å². The first-order valence-electron chi connectivity index (χ1n) is 15.9. The highest BCUT2D eigenvalue weighted by molar-refractivity contribution is 6.00. The van der Waals surface area contributed by atoms with Gasteiger partial charge in [-0.1, -0.05) is 98.3 Å². The van der Waals surface area contributed by atoms with Gasteiger partial charge in [0, 0.05) is 25.7 Å². The van der Waals surface area contributed by atoms with Crippen LogP contribution in [0.1, 0.15) is 44.7 Å². The maximum absolute atomic E-state index is 14.9. The topological polar surface area (TPSA) is 90.4 Å². The van der Waals surface area contributed by atoms with Crippen LogP contribution >= 0.6 is 0 Å². The normalized spacial score (nSPS) is 31.0. The van der Waals surface area contributed by atoms with Crippen molar-refractivity contribution in [2.75, 3.05) is 19.7 Å². The number of rotatable bonds is 9. The zero-order valence-corrected chi connectivity index (χ0v) is 25.8. The number of amides is 3. The van der Waals surface area contributed by atoms with Crippen LogP contribution in [0.25, 0.3) is 0 Å². The highest BCUT2D eigenvalue weighted by Crippen LogP contribution is 2.58. The Labute approximate surface area is 260 Å². The van der Waals surface area contributed by atoms with Gasteiger partial charge < -0.3 is 24.5 Å². The number of hydrogen-bond donors (Lipinski definition) is 1. The zero-order chi connectivity index (χ0) is 31.1. The number of aliphatic hydroxyl groups is 1. The molecule has 7 atom stereocenters. The highest BCUT2D eigenvalue weighted by atomic mass is 16.5. The molecule has 3 amide bonds. The second-order valence-corrected chi connectivity index (χ2v) is 12.9. The summed E-state index contributed by atoms with van der Waals surface area (Å²) in [6, 6.07) is 17.8. The minimum absolute atomic E-state index is 0.0460. The van der Waals surface area contributed by atoms with E-state index in [1.165, 1.54) is 0 Å². The van der Waals surface area contributed by atoms with Crippen LogP contribution in [0.4, 0.5) is 0 Å². The average molecular weight is 598 g/mol. The summed E-state index contributed by atoms with van der Waals surface area (Å²) in [7, 11) is 0. The molecule has 4 heterocycles. The number of nitrogens with zero attached hydrogens (tertiary/aromatic N) is 3. The minimum Gasteiger partial charge on any atom is -0.394 e. The molecule has 1 spiro atoms. The van der Waals surface area contributed by atoms with Gasteiger partial charge in [0.25, 0.3) is 0 Å². The molecule has 0 radical (unpaired) electrons. The molecule has 2 unspecified atom stereocenters. The first kappa shape index (κ1) is 30.3. The van der Waals surface area contributed by atoms with Gasteiger partial charge in [-0.3, -0.25) is 14.4 Å². The average Bonchev–Trinajstić information content (AvgIpc) is 3.30. The van der Waals surface area contributed by atoms with Gasteiger partial charge >= 0.3 is 0 Å². The lowest BCUT2D eigenvalue weighted by molar-refractivity contribution is -0.156. The third-order valence-corrected chi connectivity index (χ3v) is 9.98. The van der Waals surface area contributed by atoms with Crippen LogP contribution in [0.15, 0.2) is 85.0 Å². The van der Waals surface area contributed by atoms with E-state index < -0.39 is 35.1 Å². The molecule has 2 fully saturated rings. The van der Waals surface area contributed by atoms with Gasteiger partial charge in [-0.25, -0.2) is 0 Å². The molecule has 2 saturated heterocycles. The van der Waals surface area contributed by atoms with Crippen molar-refractivity contribution >= 4 is 17.7 Å². The molecule has 8 heteroatoms. The highest BCUT2D eigenvalue weighted by Gasteiger charge is 2.75. The standard InChI is InChI=1S/C36H43N3O5/c1-4-13-25(2)38-21-12-19-36-30(33(42)39(31(36)34(38)43)28(24-40)22-26-14-7-5-8-15-26)29-32(41)37(20-11-18-35(29,3)44-36)23-27-16-9-6-10-17-27/h5-12,14-19,25,28-31,40H,4,13,20-24H2,1-3H3/t25?,28-,29-,30+,31?,35+,36+/m1/s1. The molecule has 232 valence electrons. The molecule has 0 saturated carbocycles. The SMILES string of the molecule is CCCC(C)N1CC=C[C@]23O[C@@]4(C)C=CCN(Cc5ccccc5)C(=O)[C@H]4[C@H]2C(=O)N([C@@H](CO)Cc2ccccc2)C3C1=O. The summed E-state index contributed by atoms with van der Waals surface area (Å²) in [6.07, 6.45) is 9.78. The van der Waals surface area contributed by atoms with E-state index in [2.05, 4.69) is 6.92 Å². The van der Waals surface area contributed by atoms with Crippen molar-refractivity contribution < 1.29 is 24.2 Å². The van der Waals surface area contributed by atoms with E-state index in [0.717, 1.165) is 24.0 Å². The van der Waals surface area contributed by atoms with E-state index in [4.69, 9.17) is 4.74 Å². The van der Waals surface area contributed by atoms with Gasteiger partial charge in [0.2, 0.25) is 17.7 Å². The van der Waals surface area contributed by atoms with Crippen LogP contribution in [-0.4, -0.2) is 86.6 Å². The summed E-state index contributed by atoms with van der Waals surface area (Å²) in [5.74, 6) is -2.43. The van der Waals surface area contributed by atoms with Gasteiger partial charge in [-0.05, 0) is 37.8 Å². The number of likely N-dealkylation sites (tertiary alicyclic amines) is 1. The van der Waals surface area contributed by atoms with Crippen molar-refractivity contribution in [2.24, 2.45) is 11.8 Å². The monoisotopic (exact) mass is 597 g/mol. The maximum atomic E-state index is 14.9. The van der Waals surface area contributed by atoms with Crippen molar-refractivity contribution in [3.05, 3.63) is 96.1 Å². The first-order chi connectivity index (χ1) is 21.2. The van der Waals surface area contributed by atoms with Crippen LogP contribution in [0.5, 0.6) is 0 Å². The molecular formula is C36H43N3O5. The Morgan fingerprint density at radius 3 is 2.20 bits per heavy atom. The molecule has 8 nitrogen and oxygen atoms in total. The Balaban J connectivity index is 1.45. The van der Waals surface area contributed by atoms with E-state index >= 15 is 0 Å². The Morgan fingerprint density at radius 1 is 0.886 bits per heavy atom. The van der Waals surface area contributed by atoms with E-state index in [1.54, 1.807) is 9.80 Å². The van der Waals surface area contributed by atoms with E-state index in [9.17, 15) is 19.5 Å². The molecule has 4 aliphatic heterocycles. The zero-order valence-electron chi connectivity index (χ0n) is 25.8. The molecule has 0 bridgehead atoms. The molecule has 1 N–H and O–H groups in total. The fourth-order valence-corrected chi connectivity index (χ4v) is 7.98. The fraction of sp³-hybridized carbons (Fsp3) is 0.472. The lowest BCUT2D eigenvalue weighted by atomic mass is 9.74. The Morgan fingerprint density at radius 2 is 1.55 bits per heavy atom. The molecular weight excluding hydrogens is 554 g/mol. The van der Waals surface area contributed by atoms with Gasteiger partial charge in [0.1, 0.15) is 11.6 Å². The summed E-state index contributed by atoms with van der Waals surface area (Å²) >= 11 is 0. The van der Waals surface area contributed by atoms with Crippen molar-refractivity contribution in [3.63, 3.8) is 0 Å². The van der Waals surface area contributed by atoms with Crippen molar-refractivity contribution in [1.82, 2.24) is 14.7 Å². The molecule has 0 aromatic heterocycles. The third-order valence-electron chi connectivity index (χ3n) is 9.98. The van der Waals surface area contributed by atoms with Crippen LogP contribution < -0.4 is 0 Å². The molecule has 4 aliphatic rings. The van der Waals surface area contributed by atoms with Crippen LogP contribution in [0, 0.1) is 11.8 Å². The second-order valence-electron chi connectivity index (χ2n) is 12.9. The number of benzene rings is 2. The van der Waals surface area contributed by atoms with Crippen molar-refractivity contribution in [3.8, 4) is 0 Å². The minimum atomic E-state index is -1.35. The lowest BCUT2D eigenvalue weighted by Crippen LogP contribution is -2.60. The number of carbonyl (C=O) groups is 3. The van der Waals surface area contributed by atoms with Gasteiger partial charge in [-0.2, -0.15) is 0 Å². The predicted octanol–water partition coefficient (Wildman–Crippen LogP) is 3.75. The quantitative estimate of drug-likeness (QED) is 0.445. The lowest BCUT2D eigenvalue weighted by Gasteiger charge is -2.41. The number of hydrogen-bond acceptors (Lipinski definition) is 5. The Bertz CT molecular complexity index is 1440. The molecule has 2 aromatic rings. The van der Waals surface area contributed by atoms with Gasteiger partial charge in [0.15, 0.2) is 0 Å². The number of ether oxygens (including phenoxy) is 1. The van der Waals surface area contributed by atoms with Gasteiger partial charge in [0.05, 0.1) is 30.1 Å². The van der Waals surface area contributed by atoms with Crippen LogP contribution in [0.2, 0.25) is 0 Å². The predicted molar refractivity (Wildman–Crippen MR) is 167 cm³/mol. The van der Waals surface area contributed by atoms with Gasteiger partial charge in [-0.15, -0.1) is 0 Å². The largest absolute Gasteiger partial charge is 0.394 e. The third kappa shape index (κ3) is 4.98. The molecule has 2 aromatic carbocycles. The smallest absolute Gasteiger partial charge is 0.249 e. The Kier molecular flexibility index (Phi) is 8.24. The molecule has 44 heavy (non-hydrogen) atoms. The fourth-order valence-electron chi connectivity index (χ4n) is 7.98. The van der Waals surface area contributed by atoms with E-state index in [0.29, 0.717) is 26.1 Å². The number of carbonyl (C=O) groups excluding carboxylic acids is 3. The number of aliphatic hydroxyl groups excluding tert-OH is 1. The first-order valence-corrected chi connectivity index (χ1v) is 15.9. The summed E-state index contributed by atoms with van der Waals surface area (Å²) < 4.78 is 6.99. The number of fused-ring (bicyclic) bond motifs is 2. The molecule has 0 aliphatic carbocycles. The summed E-state index contributed by atoms with van der Waals surface area (Å²) in [4.78, 5) is 49.3. The van der Waals surface area contributed by atoms with E-state index in [-0.39, 0.29) is 30.4 Å². The van der Waals surface area contributed by atoms with Crippen LogP contribution in [0.3, 0.4) is 0 Å². The molecule has 6 rings (SSSR count). The maximum Gasteiger partial charge on any atom is 0.249 e. The summed E-state index contributed by atoms with van der Waals surface area (Å²) in [5.41, 5.74) is -0.492. The summed E-state index contributed by atoms with van der Waals surface area (Å²) in [5, 5.41) is 10.8.